The molecule has 0 aliphatic heterocycles. The van der Waals surface area contributed by atoms with Gasteiger partial charge in [0.1, 0.15) is 5.01 Å². The largest absolute Gasteiger partial charge is 0.309 e. The minimum absolute atomic E-state index is 0.466. The molecule has 0 radical (unpaired) electrons. The van der Waals surface area contributed by atoms with Crippen LogP contribution in [-0.2, 0) is 6.54 Å². The van der Waals surface area contributed by atoms with Gasteiger partial charge in [-0.3, -0.25) is 0 Å². The van der Waals surface area contributed by atoms with E-state index < -0.39 is 0 Å². The van der Waals surface area contributed by atoms with E-state index in [4.69, 9.17) is 4.98 Å². The van der Waals surface area contributed by atoms with E-state index in [0.717, 1.165) is 18.0 Å². The van der Waals surface area contributed by atoms with E-state index in [9.17, 15) is 0 Å². The van der Waals surface area contributed by atoms with E-state index in [2.05, 4.69) is 64.2 Å². The Hall–Kier alpha value is -1.19. The maximum Gasteiger partial charge on any atom is 0.124 e. The quantitative estimate of drug-likeness (QED) is 0.800. The summed E-state index contributed by atoms with van der Waals surface area (Å²) < 4.78 is 0. The first kappa shape index (κ1) is 16.2. The van der Waals surface area contributed by atoms with Crippen molar-refractivity contribution in [1.82, 2.24) is 10.3 Å². The highest BCUT2D eigenvalue weighted by Crippen LogP contribution is 2.33. The monoisotopic (exact) mass is 302 g/mol. The molecule has 0 aliphatic rings. The van der Waals surface area contributed by atoms with Crippen molar-refractivity contribution in [3.05, 3.63) is 40.4 Å². The summed E-state index contributed by atoms with van der Waals surface area (Å²) in [5, 5.41) is 4.74. The van der Waals surface area contributed by atoms with Crippen LogP contribution in [-0.4, -0.2) is 11.0 Å². The highest BCUT2D eigenvalue weighted by atomic mass is 32.1. The van der Waals surface area contributed by atoms with E-state index in [1.807, 2.05) is 11.3 Å². The van der Waals surface area contributed by atoms with Gasteiger partial charge in [-0.15, -0.1) is 11.3 Å². The molecule has 3 heteroatoms. The summed E-state index contributed by atoms with van der Waals surface area (Å²) in [7, 11) is 0. The Morgan fingerprint density at radius 1 is 1.19 bits per heavy atom. The Labute approximate surface area is 132 Å². The van der Waals surface area contributed by atoms with Gasteiger partial charge in [0.25, 0.3) is 0 Å². The maximum atomic E-state index is 4.92. The second-order valence-electron chi connectivity index (χ2n) is 5.99. The number of nitrogens with one attached hydrogen (secondary N) is 1. The van der Waals surface area contributed by atoms with Gasteiger partial charge in [0.05, 0.1) is 5.69 Å². The SMILES string of the molecule is CCC(C)NCc1sc(-c2ccccc2C)nc1C(C)C. The summed E-state index contributed by atoms with van der Waals surface area (Å²) >= 11 is 1.83. The fraction of sp³-hybridized carbons (Fsp3) is 0.500. The molecule has 1 atom stereocenters. The summed E-state index contributed by atoms with van der Waals surface area (Å²) in [5.41, 5.74) is 3.80. The number of hydrogen-bond donors (Lipinski definition) is 1. The van der Waals surface area contributed by atoms with Gasteiger partial charge in [-0.2, -0.15) is 0 Å². The van der Waals surface area contributed by atoms with Crippen molar-refractivity contribution in [3.8, 4) is 10.6 Å². The zero-order valence-electron chi connectivity index (χ0n) is 13.7. The minimum atomic E-state index is 0.466. The minimum Gasteiger partial charge on any atom is -0.309 e. The van der Waals surface area contributed by atoms with Crippen molar-refractivity contribution in [3.63, 3.8) is 0 Å². The average Bonchev–Trinajstić information content (AvgIpc) is 2.89. The van der Waals surface area contributed by atoms with Crippen molar-refractivity contribution < 1.29 is 0 Å². The third-order valence-electron chi connectivity index (χ3n) is 3.87. The van der Waals surface area contributed by atoms with E-state index in [0.29, 0.717) is 12.0 Å². The standard InChI is InChI=1S/C18H26N2S/c1-6-14(5)19-11-16-17(12(2)3)20-18(21-16)15-10-8-7-9-13(15)4/h7-10,12,14,19H,6,11H2,1-5H3. The molecule has 114 valence electrons. The Bertz CT molecular complexity index is 587. The molecule has 0 fully saturated rings. The fourth-order valence-electron chi connectivity index (χ4n) is 2.28. The number of aryl methyl sites for hydroxylation is 1. The molecule has 2 nitrogen and oxygen atoms in total. The first-order valence-electron chi connectivity index (χ1n) is 7.81. The molecule has 0 aliphatic carbocycles. The van der Waals surface area contributed by atoms with Gasteiger partial charge in [-0.05, 0) is 31.7 Å². The number of rotatable bonds is 6. The van der Waals surface area contributed by atoms with Crippen LogP contribution in [0.15, 0.2) is 24.3 Å². The van der Waals surface area contributed by atoms with Crippen molar-refractivity contribution in [2.24, 2.45) is 0 Å². The van der Waals surface area contributed by atoms with Gasteiger partial charge in [0.15, 0.2) is 0 Å². The second-order valence-corrected chi connectivity index (χ2v) is 7.07. The predicted molar refractivity (Wildman–Crippen MR) is 93.0 cm³/mol. The van der Waals surface area contributed by atoms with E-state index in [-0.39, 0.29) is 0 Å². The van der Waals surface area contributed by atoms with Crippen LogP contribution in [0.2, 0.25) is 0 Å². The molecule has 0 spiro atoms. The smallest absolute Gasteiger partial charge is 0.124 e. The van der Waals surface area contributed by atoms with Gasteiger partial charge in [0.2, 0.25) is 0 Å². The topological polar surface area (TPSA) is 24.9 Å². The first-order chi connectivity index (χ1) is 10.0. The number of nitrogens with zero attached hydrogens (tertiary/aromatic N) is 1. The lowest BCUT2D eigenvalue weighted by molar-refractivity contribution is 0.534. The predicted octanol–water partition coefficient (Wildman–Crippen LogP) is 5.13. The summed E-state index contributed by atoms with van der Waals surface area (Å²) in [4.78, 5) is 6.30. The van der Waals surface area contributed by atoms with Crippen LogP contribution in [0.3, 0.4) is 0 Å². The van der Waals surface area contributed by atoms with Crippen LogP contribution >= 0.6 is 11.3 Å². The normalized spacial score (nSPS) is 12.9. The van der Waals surface area contributed by atoms with Crippen LogP contribution in [0.1, 0.15) is 56.2 Å². The second kappa shape index (κ2) is 7.19. The number of thiazole rings is 1. The van der Waals surface area contributed by atoms with Crippen LogP contribution in [0, 0.1) is 6.92 Å². The molecular weight excluding hydrogens is 276 g/mol. The van der Waals surface area contributed by atoms with Gasteiger partial charge in [-0.25, -0.2) is 4.98 Å². The lowest BCUT2D eigenvalue weighted by Gasteiger charge is -2.11. The molecule has 0 amide bonds. The fourth-order valence-corrected chi connectivity index (χ4v) is 3.54. The molecule has 1 aromatic heterocycles. The third kappa shape index (κ3) is 3.92. The van der Waals surface area contributed by atoms with Crippen molar-refractivity contribution in [1.29, 1.82) is 0 Å². The Balaban J connectivity index is 2.31. The molecule has 1 N–H and O–H groups in total. The molecular formula is C18H26N2S. The Kier molecular flexibility index (Phi) is 5.54. The van der Waals surface area contributed by atoms with Crippen LogP contribution in [0.25, 0.3) is 10.6 Å². The number of benzene rings is 1. The van der Waals surface area contributed by atoms with Crippen molar-refractivity contribution in [2.45, 2.75) is 59.5 Å². The first-order valence-corrected chi connectivity index (χ1v) is 8.63. The highest BCUT2D eigenvalue weighted by molar-refractivity contribution is 7.15. The van der Waals surface area contributed by atoms with Gasteiger partial charge >= 0.3 is 0 Å². The Morgan fingerprint density at radius 2 is 1.90 bits per heavy atom. The summed E-state index contributed by atoms with van der Waals surface area (Å²) in [5.74, 6) is 0.466. The molecule has 0 saturated heterocycles. The molecule has 2 rings (SSSR count). The number of hydrogen-bond acceptors (Lipinski definition) is 3. The molecule has 21 heavy (non-hydrogen) atoms. The third-order valence-corrected chi connectivity index (χ3v) is 4.98. The summed E-state index contributed by atoms with van der Waals surface area (Å²) in [6.45, 7) is 12.0. The molecule has 1 heterocycles. The molecule has 0 saturated carbocycles. The summed E-state index contributed by atoms with van der Waals surface area (Å²) in [6, 6.07) is 9.05. The van der Waals surface area contributed by atoms with E-state index >= 15 is 0 Å². The lowest BCUT2D eigenvalue weighted by atomic mass is 10.1. The zero-order chi connectivity index (χ0) is 15.4. The van der Waals surface area contributed by atoms with Gasteiger partial charge in [0, 0.05) is 23.0 Å². The highest BCUT2D eigenvalue weighted by Gasteiger charge is 2.16. The van der Waals surface area contributed by atoms with Crippen LogP contribution < -0.4 is 5.32 Å². The van der Waals surface area contributed by atoms with Crippen LogP contribution in [0.4, 0.5) is 0 Å². The van der Waals surface area contributed by atoms with E-state index in [1.54, 1.807) is 0 Å². The Morgan fingerprint density at radius 3 is 2.52 bits per heavy atom. The molecule has 0 bridgehead atoms. The van der Waals surface area contributed by atoms with Gasteiger partial charge in [-0.1, -0.05) is 45.0 Å². The summed E-state index contributed by atoms with van der Waals surface area (Å²) in [6.07, 6.45) is 1.15. The van der Waals surface area contributed by atoms with Crippen molar-refractivity contribution in [2.75, 3.05) is 0 Å². The molecule has 2 aromatic rings. The average molecular weight is 302 g/mol. The lowest BCUT2D eigenvalue weighted by Crippen LogP contribution is -2.24. The van der Waals surface area contributed by atoms with Gasteiger partial charge < -0.3 is 5.32 Å². The van der Waals surface area contributed by atoms with Crippen molar-refractivity contribution >= 4 is 11.3 Å². The maximum absolute atomic E-state index is 4.92. The molecule has 1 aromatic carbocycles. The van der Waals surface area contributed by atoms with E-state index in [1.165, 1.54) is 21.7 Å². The zero-order valence-corrected chi connectivity index (χ0v) is 14.6. The number of aromatic nitrogens is 1. The van der Waals surface area contributed by atoms with Crippen LogP contribution in [0.5, 0.6) is 0 Å². The molecule has 1 unspecified atom stereocenters.